The van der Waals surface area contributed by atoms with Gasteiger partial charge >= 0.3 is 5.97 Å². The minimum absolute atomic E-state index is 0.177. The van der Waals surface area contributed by atoms with Gasteiger partial charge in [-0.05, 0) is 25.5 Å². The summed E-state index contributed by atoms with van der Waals surface area (Å²) in [4.78, 5) is 11.9. The molecule has 17 heavy (non-hydrogen) atoms. The van der Waals surface area contributed by atoms with Crippen LogP contribution in [0.5, 0.6) is 0 Å². The van der Waals surface area contributed by atoms with E-state index in [-0.39, 0.29) is 6.04 Å². The minimum atomic E-state index is -0.846. The number of carboxylic acid groups (broad SMARTS) is 1. The Hall–Kier alpha value is -0.840. The Morgan fingerprint density at radius 3 is 2.82 bits per heavy atom. The van der Waals surface area contributed by atoms with Crippen molar-refractivity contribution in [2.24, 2.45) is 0 Å². The van der Waals surface area contributed by atoms with Gasteiger partial charge in [0.2, 0.25) is 0 Å². The van der Waals surface area contributed by atoms with Crippen LogP contribution in [0.2, 0.25) is 4.34 Å². The highest BCUT2D eigenvalue weighted by Gasteiger charge is 2.07. The van der Waals surface area contributed by atoms with Crippen molar-refractivity contribution in [1.29, 1.82) is 0 Å². The van der Waals surface area contributed by atoms with Crippen molar-refractivity contribution in [3.63, 3.8) is 0 Å². The zero-order chi connectivity index (χ0) is 12.8. The van der Waals surface area contributed by atoms with Crippen molar-refractivity contribution in [2.45, 2.75) is 26.3 Å². The summed E-state index contributed by atoms with van der Waals surface area (Å²) in [6, 6.07) is 4.02. The van der Waals surface area contributed by atoms with Crippen molar-refractivity contribution in [3.8, 4) is 0 Å². The maximum Gasteiger partial charge on any atom is 0.331 e. The maximum atomic E-state index is 10.8. The standard InChI is InChI=1S/C12H16ClNO2S/c1-3-9(12(15)16)6-7-14-8(2)10-4-5-11(13)17-10/h4-6,8,14H,3,7H2,1-2H3,(H,15,16)/b9-6-. The van der Waals surface area contributed by atoms with Crippen molar-refractivity contribution in [3.05, 3.63) is 33.0 Å². The van der Waals surface area contributed by atoms with E-state index in [1.54, 1.807) is 6.08 Å². The number of carbonyl (C=O) groups is 1. The molecule has 1 rings (SSSR count). The Morgan fingerprint density at radius 2 is 2.35 bits per heavy atom. The van der Waals surface area contributed by atoms with Crippen LogP contribution in [0.4, 0.5) is 0 Å². The third kappa shape index (κ3) is 4.50. The molecule has 1 aromatic heterocycles. The van der Waals surface area contributed by atoms with Crippen LogP contribution in [0, 0.1) is 0 Å². The molecule has 2 N–H and O–H groups in total. The van der Waals surface area contributed by atoms with Crippen LogP contribution in [0.1, 0.15) is 31.2 Å². The number of hydrogen-bond acceptors (Lipinski definition) is 3. The Labute approximate surface area is 110 Å². The normalized spacial score (nSPS) is 13.7. The highest BCUT2D eigenvalue weighted by Crippen LogP contribution is 2.26. The molecule has 0 bridgehead atoms. The Morgan fingerprint density at radius 1 is 1.65 bits per heavy atom. The van der Waals surface area contributed by atoms with Crippen molar-refractivity contribution in [2.75, 3.05) is 6.54 Å². The lowest BCUT2D eigenvalue weighted by Gasteiger charge is -2.10. The molecular formula is C12H16ClNO2S. The zero-order valence-electron chi connectivity index (χ0n) is 9.87. The molecule has 0 aliphatic heterocycles. The first-order chi connectivity index (χ1) is 8.04. The van der Waals surface area contributed by atoms with E-state index in [0.29, 0.717) is 18.5 Å². The predicted octanol–water partition coefficient (Wildman–Crippen LogP) is 3.47. The summed E-state index contributed by atoms with van der Waals surface area (Å²) in [5, 5.41) is 12.1. The minimum Gasteiger partial charge on any atom is -0.478 e. The molecule has 1 aromatic rings. The van der Waals surface area contributed by atoms with Gasteiger partial charge in [-0.1, -0.05) is 24.6 Å². The molecule has 94 valence electrons. The summed E-state index contributed by atoms with van der Waals surface area (Å²) in [5.41, 5.74) is 0.439. The Kier molecular flexibility index (Phi) is 5.68. The second kappa shape index (κ2) is 6.79. The van der Waals surface area contributed by atoms with E-state index < -0.39 is 5.97 Å². The molecule has 0 aromatic carbocycles. The van der Waals surface area contributed by atoms with Gasteiger partial charge in [-0.2, -0.15) is 0 Å². The van der Waals surface area contributed by atoms with Crippen LogP contribution < -0.4 is 5.32 Å². The van der Waals surface area contributed by atoms with Crippen LogP contribution in [-0.2, 0) is 4.79 Å². The van der Waals surface area contributed by atoms with E-state index in [0.717, 1.165) is 9.21 Å². The number of nitrogens with one attached hydrogen (secondary N) is 1. The van der Waals surface area contributed by atoms with Gasteiger partial charge in [-0.25, -0.2) is 4.79 Å². The smallest absolute Gasteiger partial charge is 0.331 e. The molecule has 1 heterocycles. The van der Waals surface area contributed by atoms with E-state index in [1.165, 1.54) is 11.3 Å². The molecule has 0 aliphatic rings. The van der Waals surface area contributed by atoms with Crippen molar-refractivity contribution in [1.82, 2.24) is 5.32 Å². The molecule has 1 unspecified atom stereocenters. The predicted molar refractivity (Wildman–Crippen MR) is 71.8 cm³/mol. The molecule has 0 saturated carbocycles. The molecular weight excluding hydrogens is 258 g/mol. The van der Waals surface area contributed by atoms with E-state index in [1.807, 2.05) is 26.0 Å². The lowest BCUT2D eigenvalue weighted by molar-refractivity contribution is -0.132. The SMILES string of the molecule is CC/C(=C/CNC(C)c1ccc(Cl)s1)C(=O)O. The Balaban J connectivity index is 2.48. The van der Waals surface area contributed by atoms with Crippen LogP contribution >= 0.6 is 22.9 Å². The summed E-state index contributed by atoms with van der Waals surface area (Å²) < 4.78 is 0.768. The monoisotopic (exact) mass is 273 g/mol. The zero-order valence-corrected chi connectivity index (χ0v) is 11.4. The number of carboxylic acids is 1. The first-order valence-corrected chi connectivity index (χ1v) is 6.65. The summed E-state index contributed by atoms with van der Waals surface area (Å²) in [6.45, 7) is 4.41. The van der Waals surface area contributed by atoms with Crippen LogP contribution in [0.3, 0.4) is 0 Å². The van der Waals surface area contributed by atoms with Gasteiger partial charge in [-0.15, -0.1) is 11.3 Å². The second-order valence-corrected chi connectivity index (χ2v) is 5.41. The molecule has 0 spiro atoms. The van der Waals surface area contributed by atoms with E-state index in [9.17, 15) is 4.79 Å². The fourth-order valence-electron chi connectivity index (χ4n) is 1.40. The van der Waals surface area contributed by atoms with Gasteiger partial charge in [0.15, 0.2) is 0 Å². The quantitative estimate of drug-likeness (QED) is 0.780. The molecule has 0 saturated heterocycles. The van der Waals surface area contributed by atoms with Gasteiger partial charge in [-0.3, -0.25) is 0 Å². The van der Waals surface area contributed by atoms with Crippen LogP contribution in [0.15, 0.2) is 23.8 Å². The molecule has 3 nitrogen and oxygen atoms in total. The summed E-state index contributed by atoms with van der Waals surface area (Å²) in [7, 11) is 0. The third-order valence-electron chi connectivity index (χ3n) is 2.45. The summed E-state index contributed by atoms with van der Waals surface area (Å²) in [6.07, 6.45) is 2.25. The molecule has 0 fully saturated rings. The number of hydrogen-bond donors (Lipinski definition) is 2. The van der Waals surface area contributed by atoms with Gasteiger partial charge in [0.1, 0.15) is 0 Å². The fraction of sp³-hybridized carbons (Fsp3) is 0.417. The second-order valence-electron chi connectivity index (χ2n) is 3.66. The molecule has 1 atom stereocenters. The van der Waals surface area contributed by atoms with E-state index in [2.05, 4.69) is 5.32 Å². The number of rotatable bonds is 6. The molecule has 0 radical (unpaired) electrons. The maximum absolute atomic E-state index is 10.8. The number of aliphatic carboxylic acids is 1. The first kappa shape index (κ1) is 14.2. The fourth-order valence-corrected chi connectivity index (χ4v) is 2.49. The average molecular weight is 274 g/mol. The molecule has 5 heteroatoms. The lowest BCUT2D eigenvalue weighted by Crippen LogP contribution is -2.18. The molecule has 0 aliphatic carbocycles. The van der Waals surface area contributed by atoms with Crippen LogP contribution in [-0.4, -0.2) is 17.6 Å². The van der Waals surface area contributed by atoms with E-state index in [4.69, 9.17) is 16.7 Å². The Bertz CT molecular complexity index is 414. The number of thiophene rings is 1. The van der Waals surface area contributed by atoms with Gasteiger partial charge in [0, 0.05) is 23.0 Å². The summed E-state index contributed by atoms with van der Waals surface area (Å²) in [5.74, 6) is -0.846. The first-order valence-electron chi connectivity index (χ1n) is 5.45. The topological polar surface area (TPSA) is 49.3 Å². The highest BCUT2D eigenvalue weighted by molar-refractivity contribution is 7.16. The van der Waals surface area contributed by atoms with Crippen molar-refractivity contribution < 1.29 is 9.90 Å². The average Bonchev–Trinajstić information content (AvgIpc) is 2.70. The van der Waals surface area contributed by atoms with Gasteiger partial charge in [0.25, 0.3) is 0 Å². The van der Waals surface area contributed by atoms with E-state index >= 15 is 0 Å². The third-order valence-corrected chi connectivity index (χ3v) is 3.86. The summed E-state index contributed by atoms with van der Waals surface area (Å²) >= 11 is 7.39. The lowest BCUT2D eigenvalue weighted by atomic mass is 10.2. The largest absolute Gasteiger partial charge is 0.478 e. The highest BCUT2D eigenvalue weighted by atomic mass is 35.5. The van der Waals surface area contributed by atoms with Crippen molar-refractivity contribution >= 4 is 28.9 Å². The van der Waals surface area contributed by atoms with Gasteiger partial charge in [0.05, 0.1) is 4.34 Å². The number of halogens is 1. The van der Waals surface area contributed by atoms with Gasteiger partial charge < -0.3 is 10.4 Å². The molecule has 0 amide bonds. The van der Waals surface area contributed by atoms with Crippen LogP contribution in [0.25, 0.3) is 0 Å².